The molecule has 3 aromatic rings. The monoisotopic (exact) mass is 321 g/mol. The zero-order valence-electron chi connectivity index (χ0n) is 11.2. The Kier molecular flexibility index (Phi) is 3.69. The largest absolute Gasteiger partial charge is 0.398 e. The van der Waals surface area contributed by atoms with Crippen molar-refractivity contribution in [2.24, 2.45) is 0 Å². The Bertz CT molecular complexity index is 803. The molecular weight excluding hydrogens is 309 g/mol. The Balaban J connectivity index is 2.04. The number of pyridine rings is 1. The van der Waals surface area contributed by atoms with E-state index in [0.29, 0.717) is 21.2 Å². The highest BCUT2D eigenvalue weighted by molar-refractivity contribution is 7.16. The summed E-state index contributed by atoms with van der Waals surface area (Å²) in [6.07, 6.45) is 1.62. The maximum atomic E-state index is 14.3. The van der Waals surface area contributed by atoms with Crippen LogP contribution in [0.3, 0.4) is 0 Å². The quantitative estimate of drug-likeness (QED) is 0.678. The van der Waals surface area contributed by atoms with Gasteiger partial charge in [-0.3, -0.25) is 4.98 Å². The molecule has 0 bridgehead atoms. The van der Waals surface area contributed by atoms with Crippen molar-refractivity contribution in [2.45, 2.75) is 13.0 Å². The fourth-order valence-corrected chi connectivity index (χ4v) is 3.29. The minimum Gasteiger partial charge on any atom is -0.398 e. The number of anilines is 2. The summed E-state index contributed by atoms with van der Waals surface area (Å²) in [5.41, 5.74) is 7.12. The highest BCUT2D eigenvalue weighted by Gasteiger charge is 2.15. The van der Waals surface area contributed by atoms with E-state index in [2.05, 4.69) is 10.3 Å². The predicted molar refractivity (Wildman–Crippen MR) is 87.5 cm³/mol. The van der Waals surface area contributed by atoms with E-state index < -0.39 is 5.82 Å². The van der Waals surface area contributed by atoms with Crippen LogP contribution < -0.4 is 11.1 Å². The van der Waals surface area contributed by atoms with E-state index in [1.807, 2.05) is 25.1 Å². The number of hydrogen-bond acceptors (Lipinski definition) is 4. The second-order valence-electron chi connectivity index (χ2n) is 4.73. The van der Waals surface area contributed by atoms with Gasteiger partial charge in [-0.25, -0.2) is 4.39 Å². The smallest absolute Gasteiger partial charge is 0.150 e. The molecule has 0 saturated carbocycles. The summed E-state index contributed by atoms with van der Waals surface area (Å²) >= 11 is 7.41. The van der Waals surface area contributed by atoms with E-state index in [-0.39, 0.29) is 6.04 Å². The SMILES string of the molecule is CC(Nc1c(F)cc(N)c2cccnc12)c1ccc(Cl)s1. The van der Waals surface area contributed by atoms with Crippen LogP contribution in [0.2, 0.25) is 4.34 Å². The fourth-order valence-electron chi connectivity index (χ4n) is 2.22. The number of nitrogens with two attached hydrogens (primary N) is 1. The first-order valence-electron chi connectivity index (χ1n) is 6.40. The van der Waals surface area contributed by atoms with Gasteiger partial charge in [-0.2, -0.15) is 0 Å². The molecule has 1 aromatic carbocycles. The van der Waals surface area contributed by atoms with Crippen molar-refractivity contribution in [1.29, 1.82) is 0 Å². The van der Waals surface area contributed by atoms with Crippen LogP contribution in [0.25, 0.3) is 10.9 Å². The van der Waals surface area contributed by atoms with Crippen molar-refractivity contribution in [2.75, 3.05) is 11.1 Å². The van der Waals surface area contributed by atoms with Gasteiger partial charge in [-0.15, -0.1) is 11.3 Å². The minimum absolute atomic E-state index is 0.0779. The van der Waals surface area contributed by atoms with Crippen LogP contribution in [0.5, 0.6) is 0 Å². The molecule has 0 amide bonds. The van der Waals surface area contributed by atoms with Gasteiger partial charge < -0.3 is 11.1 Å². The first-order chi connectivity index (χ1) is 10.1. The van der Waals surface area contributed by atoms with Gasteiger partial charge in [0.05, 0.1) is 21.6 Å². The van der Waals surface area contributed by atoms with E-state index in [1.54, 1.807) is 12.3 Å². The van der Waals surface area contributed by atoms with Crippen molar-refractivity contribution in [1.82, 2.24) is 4.98 Å². The first-order valence-corrected chi connectivity index (χ1v) is 7.60. The van der Waals surface area contributed by atoms with Gasteiger partial charge >= 0.3 is 0 Å². The van der Waals surface area contributed by atoms with Gasteiger partial charge in [0.15, 0.2) is 5.82 Å². The number of rotatable bonds is 3. The van der Waals surface area contributed by atoms with Gasteiger partial charge in [0.1, 0.15) is 0 Å². The Labute approximate surface area is 130 Å². The molecule has 0 aliphatic carbocycles. The van der Waals surface area contributed by atoms with Crippen molar-refractivity contribution >= 4 is 45.2 Å². The van der Waals surface area contributed by atoms with Crippen molar-refractivity contribution < 1.29 is 4.39 Å². The summed E-state index contributed by atoms with van der Waals surface area (Å²) < 4.78 is 15.0. The molecule has 2 aromatic heterocycles. The number of benzene rings is 1. The lowest BCUT2D eigenvalue weighted by molar-refractivity contribution is 0.630. The number of aromatic nitrogens is 1. The number of nitrogens with zero attached hydrogens (tertiary/aromatic N) is 1. The number of thiophene rings is 1. The normalized spacial score (nSPS) is 12.5. The van der Waals surface area contributed by atoms with Gasteiger partial charge in [0.2, 0.25) is 0 Å². The van der Waals surface area contributed by atoms with Crippen LogP contribution in [0.4, 0.5) is 15.8 Å². The van der Waals surface area contributed by atoms with Crippen molar-refractivity contribution in [3.63, 3.8) is 0 Å². The van der Waals surface area contributed by atoms with E-state index in [1.165, 1.54) is 17.4 Å². The summed E-state index contributed by atoms with van der Waals surface area (Å²) in [5.74, 6) is -0.409. The summed E-state index contributed by atoms with van der Waals surface area (Å²) in [6, 6.07) is 8.61. The maximum Gasteiger partial charge on any atom is 0.150 e. The van der Waals surface area contributed by atoms with Gasteiger partial charge in [0.25, 0.3) is 0 Å². The Morgan fingerprint density at radius 1 is 1.38 bits per heavy atom. The third-order valence-electron chi connectivity index (χ3n) is 3.26. The highest BCUT2D eigenvalue weighted by atomic mass is 35.5. The van der Waals surface area contributed by atoms with Crippen molar-refractivity contribution in [3.8, 4) is 0 Å². The molecule has 0 fully saturated rings. The number of halogens is 2. The maximum absolute atomic E-state index is 14.3. The zero-order chi connectivity index (χ0) is 15.0. The summed E-state index contributed by atoms with van der Waals surface area (Å²) in [6.45, 7) is 1.95. The molecule has 3 nitrogen and oxygen atoms in total. The second kappa shape index (κ2) is 5.50. The number of nitrogen functional groups attached to an aromatic ring is 1. The summed E-state index contributed by atoms with van der Waals surface area (Å²) in [5, 5.41) is 3.90. The summed E-state index contributed by atoms with van der Waals surface area (Å²) in [4.78, 5) is 5.28. The Hall–Kier alpha value is -1.85. The minimum atomic E-state index is -0.409. The van der Waals surface area contributed by atoms with Crippen LogP contribution in [-0.4, -0.2) is 4.98 Å². The average molecular weight is 322 g/mol. The molecule has 3 rings (SSSR count). The van der Waals surface area contributed by atoms with Crippen LogP contribution in [0.15, 0.2) is 36.5 Å². The molecular formula is C15H13ClFN3S. The first kappa shape index (κ1) is 14.1. The molecule has 108 valence electrons. The molecule has 0 spiro atoms. The molecule has 2 heterocycles. The van der Waals surface area contributed by atoms with E-state index in [0.717, 1.165) is 10.3 Å². The number of nitrogens with one attached hydrogen (secondary N) is 1. The van der Waals surface area contributed by atoms with Gasteiger partial charge in [0, 0.05) is 22.1 Å². The standard InChI is InChI=1S/C15H13ClFN3S/c1-8(12-4-5-13(16)21-12)20-15-10(17)7-11(18)9-3-2-6-19-14(9)15/h2-8,20H,18H2,1H3. The lowest BCUT2D eigenvalue weighted by Crippen LogP contribution is -2.08. The average Bonchev–Trinajstić information content (AvgIpc) is 2.90. The Morgan fingerprint density at radius 3 is 2.90 bits per heavy atom. The lowest BCUT2D eigenvalue weighted by Gasteiger charge is -2.16. The topological polar surface area (TPSA) is 50.9 Å². The number of hydrogen-bond donors (Lipinski definition) is 2. The van der Waals surface area contributed by atoms with Crippen LogP contribution >= 0.6 is 22.9 Å². The van der Waals surface area contributed by atoms with Crippen molar-refractivity contribution in [3.05, 3.63) is 51.6 Å². The van der Waals surface area contributed by atoms with E-state index in [4.69, 9.17) is 17.3 Å². The molecule has 6 heteroatoms. The molecule has 0 aliphatic rings. The Morgan fingerprint density at radius 2 is 2.19 bits per heavy atom. The summed E-state index contributed by atoms with van der Waals surface area (Å²) in [7, 11) is 0. The lowest BCUT2D eigenvalue weighted by atomic mass is 10.1. The van der Waals surface area contributed by atoms with Crippen LogP contribution in [-0.2, 0) is 0 Å². The molecule has 1 atom stereocenters. The zero-order valence-corrected chi connectivity index (χ0v) is 12.8. The predicted octanol–water partition coefficient (Wildman–Crippen LogP) is 4.84. The van der Waals surface area contributed by atoms with E-state index >= 15 is 0 Å². The molecule has 0 radical (unpaired) electrons. The van der Waals surface area contributed by atoms with E-state index in [9.17, 15) is 4.39 Å². The highest BCUT2D eigenvalue weighted by Crippen LogP contribution is 2.34. The number of fused-ring (bicyclic) bond motifs is 1. The molecule has 0 saturated heterocycles. The third-order valence-corrected chi connectivity index (χ3v) is 4.67. The molecule has 1 unspecified atom stereocenters. The van der Waals surface area contributed by atoms with Crippen LogP contribution in [0.1, 0.15) is 17.8 Å². The third kappa shape index (κ3) is 2.66. The fraction of sp³-hybridized carbons (Fsp3) is 0.133. The molecule has 21 heavy (non-hydrogen) atoms. The second-order valence-corrected chi connectivity index (χ2v) is 6.48. The molecule has 3 N–H and O–H groups in total. The van der Waals surface area contributed by atoms with Gasteiger partial charge in [-0.05, 0) is 37.3 Å². The van der Waals surface area contributed by atoms with Crippen LogP contribution in [0, 0.1) is 5.82 Å². The van der Waals surface area contributed by atoms with Gasteiger partial charge in [-0.1, -0.05) is 11.6 Å². The molecule has 0 aliphatic heterocycles.